The van der Waals surface area contributed by atoms with Gasteiger partial charge in [-0.05, 0) is 25.5 Å². The van der Waals surface area contributed by atoms with Gasteiger partial charge in [0.2, 0.25) is 0 Å². The molecule has 138 valence electrons. The normalized spacial score (nSPS) is 11.6. The van der Waals surface area contributed by atoms with Gasteiger partial charge in [0.15, 0.2) is 11.1 Å². The molecular formula is C17H27N5O2S. The number of guanidine groups is 1. The van der Waals surface area contributed by atoms with E-state index in [1.54, 1.807) is 17.6 Å². The van der Waals surface area contributed by atoms with E-state index in [4.69, 9.17) is 9.15 Å². The first kappa shape index (κ1) is 19.3. The first-order valence-electron chi connectivity index (χ1n) is 8.43. The smallest absolute Gasteiger partial charge is 0.191 e. The summed E-state index contributed by atoms with van der Waals surface area (Å²) in [5.41, 5.74) is 0.979. The highest BCUT2D eigenvalue weighted by molar-refractivity contribution is 7.13. The van der Waals surface area contributed by atoms with Gasteiger partial charge in [-0.1, -0.05) is 0 Å². The minimum Gasteiger partial charge on any atom is -0.467 e. The Hall–Kier alpha value is -2.06. The maximum atomic E-state index is 5.57. The van der Waals surface area contributed by atoms with Gasteiger partial charge < -0.3 is 24.7 Å². The molecule has 0 aromatic carbocycles. The van der Waals surface area contributed by atoms with E-state index in [0.717, 1.165) is 42.1 Å². The Morgan fingerprint density at radius 1 is 1.40 bits per heavy atom. The Bertz CT molecular complexity index is 625. The predicted molar refractivity (Wildman–Crippen MR) is 102 cm³/mol. The van der Waals surface area contributed by atoms with Crippen LogP contribution in [0.2, 0.25) is 0 Å². The number of aliphatic imine (C=N–C) groups is 1. The molecule has 2 N–H and O–H groups in total. The highest BCUT2D eigenvalue weighted by Gasteiger charge is 2.04. The number of nitrogens with zero attached hydrogens (tertiary/aromatic N) is 3. The van der Waals surface area contributed by atoms with Crippen LogP contribution < -0.4 is 15.5 Å². The van der Waals surface area contributed by atoms with Crippen molar-refractivity contribution in [2.24, 2.45) is 4.99 Å². The Morgan fingerprint density at radius 2 is 2.28 bits per heavy atom. The van der Waals surface area contributed by atoms with Crippen molar-refractivity contribution in [3.8, 4) is 0 Å². The second-order valence-corrected chi connectivity index (χ2v) is 6.46. The van der Waals surface area contributed by atoms with Crippen LogP contribution in [0.25, 0.3) is 0 Å². The number of ether oxygens (including phenoxy) is 1. The van der Waals surface area contributed by atoms with Crippen molar-refractivity contribution >= 4 is 22.4 Å². The van der Waals surface area contributed by atoms with Crippen LogP contribution >= 0.6 is 11.3 Å². The second kappa shape index (κ2) is 10.7. The molecule has 2 aromatic heterocycles. The Morgan fingerprint density at radius 3 is 2.96 bits per heavy atom. The number of hydrogen-bond donors (Lipinski definition) is 2. The third-order valence-corrected chi connectivity index (χ3v) is 4.31. The summed E-state index contributed by atoms with van der Waals surface area (Å²) in [7, 11) is 3.98. The van der Waals surface area contributed by atoms with Crippen LogP contribution in [0.4, 0.5) is 5.13 Å². The van der Waals surface area contributed by atoms with Gasteiger partial charge in [0.05, 0.1) is 18.5 Å². The fourth-order valence-electron chi connectivity index (χ4n) is 2.02. The van der Waals surface area contributed by atoms with Crippen LogP contribution in [0.15, 0.2) is 33.2 Å². The minimum absolute atomic E-state index is 0.513. The molecule has 0 aliphatic heterocycles. The number of aromatic nitrogens is 1. The van der Waals surface area contributed by atoms with Crippen LogP contribution in [-0.2, 0) is 17.9 Å². The number of hydrogen-bond acceptors (Lipinski definition) is 6. The van der Waals surface area contributed by atoms with Crippen LogP contribution in [0.5, 0.6) is 0 Å². The predicted octanol–water partition coefficient (Wildman–Crippen LogP) is 2.46. The monoisotopic (exact) mass is 365 g/mol. The first-order valence-corrected chi connectivity index (χ1v) is 9.31. The average molecular weight is 366 g/mol. The number of furan rings is 1. The van der Waals surface area contributed by atoms with Crippen molar-refractivity contribution in [3.63, 3.8) is 0 Å². The molecule has 2 aromatic rings. The molecule has 2 rings (SSSR count). The number of rotatable bonds is 10. The Labute approximate surface area is 153 Å². The molecule has 25 heavy (non-hydrogen) atoms. The second-order valence-electron chi connectivity index (χ2n) is 5.62. The fourth-order valence-corrected chi connectivity index (χ4v) is 2.77. The van der Waals surface area contributed by atoms with Crippen LogP contribution in [0.1, 0.15) is 24.8 Å². The van der Waals surface area contributed by atoms with Gasteiger partial charge in [-0.2, -0.15) is 0 Å². The third kappa shape index (κ3) is 7.15. The molecule has 0 atom stereocenters. The van der Waals surface area contributed by atoms with Gasteiger partial charge in [-0.25, -0.2) is 9.98 Å². The molecule has 2 heterocycles. The molecule has 0 aliphatic rings. The van der Waals surface area contributed by atoms with Gasteiger partial charge in [-0.15, -0.1) is 11.3 Å². The van der Waals surface area contributed by atoms with Gasteiger partial charge in [0.1, 0.15) is 12.4 Å². The van der Waals surface area contributed by atoms with E-state index in [-0.39, 0.29) is 0 Å². The van der Waals surface area contributed by atoms with Crippen molar-refractivity contribution in [1.29, 1.82) is 0 Å². The summed E-state index contributed by atoms with van der Waals surface area (Å²) in [6.45, 7) is 5.42. The molecular weight excluding hydrogens is 338 g/mol. The standard InChI is InChI=1S/C17H27N5O2S/c1-4-18-16(20-11-14-13-25-17(21-14)22(2)3)19-8-6-9-23-12-15-7-5-10-24-15/h5,7,10,13H,4,6,8-9,11-12H2,1-3H3,(H2,18,19,20). The van der Waals surface area contributed by atoms with E-state index >= 15 is 0 Å². The van der Waals surface area contributed by atoms with Crippen molar-refractivity contribution in [3.05, 3.63) is 35.2 Å². The van der Waals surface area contributed by atoms with E-state index in [1.165, 1.54) is 0 Å². The molecule has 0 fully saturated rings. The highest BCUT2D eigenvalue weighted by Crippen LogP contribution is 2.18. The summed E-state index contributed by atoms with van der Waals surface area (Å²) in [6, 6.07) is 3.78. The van der Waals surface area contributed by atoms with Gasteiger partial charge in [-0.3, -0.25) is 0 Å². The number of anilines is 1. The molecule has 7 nitrogen and oxygen atoms in total. The molecule has 0 radical (unpaired) electrons. The summed E-state index contributed by atoms with van der Waals surface area (Å²) in [5, 5.41) is 9.60. The Balaban J connectivity index is 1.67. The van der Waals surface area contributed by atoms with Gasteiger partial charge in [0, 0.05) is 39.2 Å². The summed E-state index contributed by atoms with van der Waals surface area (Å²) >= 11 is 1.63. The van der Waals surface area contributed by atoms with E-state index < -0.39 is 0 Å². The zero-order valence-corrected chi connectivity index (χ0v) is 15.9. The van der Waals surface area contributed by atoms with Crippen molar-refractivity contribution in [2.75, 3.05) is 38.7 Å². The number of nitrogens with one attached hydrogen (secondary N) is 2. The van der Waals surface area contributed by atoms with Crippen molar-refractivity contribution in [1.82, 2.24) is 15.6 Å². The molecule has 0 unspecified atom stereocenters. The maximum absolute atomic E-state index is 5.57. The zero-order valence-electron chi connectivity index (χ0n) is 15.1. The SMILES string of the molecule is CCNC(=NCc1csc(N(C)C)n1)NCCCOCc1ccco1. The summed E-state index contributed by atoms with van der Waals surface area (Å²) in [4.78, 5) is 11.1. The summed E-state index contributed by atoms with van der Waals surface area (Å²) < 4.78 is 10.8. The highest BCUT2D eigenvalue weighted by atomic mass is 32.1. The lowest BCUT2D eigenvalue weighted by Gasteiger charge is -2.11. The van der Waals surface area contributed by atoms with Crippen molar-refractivity contribution in [2.45, 2.75) is 26.5 Å². The van der Waals surface area contributed by atoms with Gasteiger partial charge in [0.25, 0.3) is 0 Å². The minimum atomic E-state index is 0.513. The quantitative estimate of drug-likeness (QED) is 0.383. The lowest BCUT2D eigenvalue weighted by atomic mass is 10.4. The number of thiazole rings is 1. The van der Waals surface area contributed by atoms with E-state index in [9.17, 15) is 0 Å². The lowest BCUT2D eigenvalue weighted by molar-refractivity contribution is 0.105. The molecule has 0 bridgehead atoms. The van der Waals surface area contributed by atoms with Crippen LogP contribution in [-0.4, -0.2) is 44.7 Å². The Kier molecular flexibility index (Phi) is 8.27. The van der Waals surface area contributed by atoms with Gasteiger partial charge >= 0.3 is 0 Å². The van der Waals surface area contributed by atoms with E-state index in [2.05, 4.69) is 27.5 Å². The third-order valence-electron chi connectivity index (χ3n) is 3.25. The topological polar surface area (TPSA) is 74.9 Å². The molecule has 0 saturated carbocycles. The molecule has 0 aliphatic carbocycles. The molecule has 0 amide bonds. The van der Waals surface area contributed by atoms with Crippen LogP contribution in [0, 0.1) is 0 Å². The van der Waals surface area contributed by atoms with Crippen molar-refractivity contribution < 1.29 is 9.15 Å². The average Bonchev–Trinajstić information content (AvgIpc) is 3.27. The molecule has 0 saturated heterocycles. The lowest BCUT2D eigenvalue weighted by Crippen LogP contribution is -2.38. The van der Waals surface area contributed by atoms with E-state index in [0.29, 0.717) is 19.8 Å². The summed E-state index contributed by atoms with van der Waals surface area (Å²) in [5.74, 6) is 1.65. The molecule has 8 heteroatoms. The van der Waals surface area contributed by atoms with E-state index in [1.807, 2.05) is 36.5 Å². The van der Waals surface area contributed by atoms with Crippen LogP contribution in [0.3, 0.4) is 0 Å². The zero-order chi connectivity index (χ0) is 17.9. The molecule has 0 spiro atoms. The maximum Gasteiger partial charge on any atom is 0.191 e. The largest absolute Gasteiger partial charge is 0.467 e. The fraction of sp³-hybridized carbons (Fsp3) is 0.529. The summed E-state index contributed by atoms with van der Waals surface area (Å²) in [6.07, 6.45) is 2.55. The first-order chi connectivity index (χ1) is 12.2.